The first-order valence-electron chi connectivity index (χ1n) is 6.80. The highest BCUT2D eigenvalue weighted by molar-refractivity contribution is 5.89. The topological polar surface area (TPSA) is 70.8 Å². The molecule has 0 bridgehead atoms. The number of rotatable bonds is 10. The standard InChI is InChI=1S/C15H23NO4/c1-18-10-11-19-8-3-9-20-15(17)14-5-2-4-13(12-14)6-7-16/h2,4-5,12H,3,6-11,16H2,1H3. The fourth-order valence-electron chi connectivity index (χ4n) is 1.67. The molecule has 0 unspecified atom stereocenters. The summed E-state index contributed by atoms with van der Waals surface area (Å²) in [7, 11) is 1.63. The lowest BCUT2D eigenvalue weighted by Crippen LogP contribution is -2.10. The van der Waals surface area contributed by atoms with Gasteiger partial charge in [-0.15, -0.1) is 0 Å². The average molecular weight is 281 g/mol. The van der Waals surface area contributed by atoms with Gasteiger partial charge in [-0.05, 0) is 30.7 Å². The number of benzene rings is 1. The molecule has 20 heavy (non-hydrogen) atoms. The van der Waals surface area contributed by atoms with Crippen molar-refractivity contribution >= 4 is 5.97 Å². The van der Waals surface area contributed by atoms with Crippen molar-refractivity contribution in [2.75, 3.05) is 40.1 Å². The molecule has 1 aromatic carbocycles. The zero-order valence-electron chi connectivity index (χ0n) is 12.0. The number of hydrogen-bond acceptors (Lipinski definition) is 5. The Bertz CT molecular complexity index is 395. The van der Waals surface area contributed by atoms with Gasteiger partial charge in [0.2, 0.25) is 0 Å². The second-order valence-electron chi connectivity index (χ2n) is 4.33. The Kier molecular flexibility index (Phi) is 8.62. The van der Waals surface area contributed by atoms with E-state index in [2.05, 4.69) is 0 Å². The number of ether oxygens (including phenoxy) is 3. The first-order chi connectivity index (χ1) is 9.77. The summed E-state index contributed by atoms with van der Waals surface area (Å²) >= 11 is 0. The van der Waals surface area contributed by atoms with E-state index in [0.29, 0.717) is 45.0 Å². The maximum atomic E-state index is 11.8. The smallest absolute Gasteiger partial charge is 0.338 e. The minimum atomic E-state index is -0.305. The highest BCUT2D eigenvalue weighted by atomic mass is 16.5. The van der Waals surface area contributed by atoms with Crippen LogP contribution in [0, 0.1) is 0 Å². The SMILES string of the molecule is COCCOCCCOC(=O)c1cccc(CCN)c1. The van der Waals surface area contributed by atoms with Gasteiger partial charge in [-0.25, -0.2) is 4.79 Å². The molecule has 0 aliphatic rings. The van der Waals surface area contributed by atoms with E-state index in [1.807, 2.05) is 18.2 Å². The molecule has 0 saturated heterocycles. The molecule has 112 valence electrons. The molecule has 0 atom stereocenters. The fourth-order valence-corrected chi connectivity index (χ4v) is 1.67. The van der Waals surface area contributed by atoms with Crippen LogP contribution in [-0.4, -0.2) is 46.1 Å². The van der Waals surface area contributed by atoms with E-state index in [9.17, 15) is 4.79 Å². The minimum absolute atomic E-state index is 0.305. The average Bonchev–Trinajstić information content (AvgIpc) is 2.47. The van der Waals surface area contributed by atoms with Crippen LogP contribution in [0.25, 0.3) is 0 Å². The number of methoxy groups -OCH3 is 1. The number of esters is 1. The summed E-state index contributed by atoms with van der Waals surface area (Å²) in [6.45, 7) is 2.62. The third-order valence-electron chi connectivity index (χ3n) is 2.69. The number of carbonyl (C=O) groups excluding carboxylic acids is 1. The molecule has 1 rings (SSSR count). The fraction of sp³-hybridized carbons (Fsp3) is 0.533. The van der Waals surface area contributed by atoms with Crippen LogP contribution in [0.5, 0.6) is 0 Å². The number of carbonyl (C=O) groups is 1. The molecule has 0 aliphatic heterocycles. The van der Waals surface area contributed by atoms with Gasteiger partial charge in [-0.3, -0.25) is 0 Å². The van der Waals surface area contributed by atoms with Gasteiger partial charge in [0.15, 0.2) is 0 Å². The van der Waals surface area contributed by atoms with E-state index in [1.165, 1.54) is 0 Å². The summed E-state index contributed by atoms with van der Waals surface area (Å²) in [5.74, 6) is -0.305. The van der Waals surface area contributed by atoms with E-state index >= 15 is 0 Å². The first-order valence-corrected chi connectivity index (χ1v) is 6.80. The largest absolute Gasteiger partial charge is 0.462 e. The normalized spacial score (nSPS) is 10.5. The molecular weight excluding hydrogens is 258 g/mol. The predicted molar refractivity (Wildman–Crippen MR) is 76.8 cm³/mol. The lowest BCUT2D eigenvalue weighted by atomic mass is 10.1. The zero-order valence-corrected chi connectivity index (χ0v) is 12.0. The van der Waals surface area contributed by atoms with Gasteiger partial charge in [-0.2, -0.15) is 0 Å². The summed E-state index contributed by atoms with van der Waals surface area (Å²) in [5.41, 5.74) is 7.11. The van der Waals surface area contributed by atoms with Crippen LogP contribution in [0.3, 0.4) is 0 Å². The van der Waals surface area contributed by atoms with Crippen LogP contribution in [0.1, 0.15) is 22.3 Å². The molecule has 0 aromatic heterocycles. The maximum absolute atomic E-state index is 11.8. The molecule has 5 heteroatoms. The summed E-state index contributed by atoms with van der Waals surface area (Å²) < 4.78 is 15.3. The van der Waals surface area contributed by atoms with Crippen molar-refractivity contribution < 1.29 is 19.0 Å². The molecule has 2 N–H and O–H groups in total. The van der Waals surface area contributed by atoms with Gasteiger partial charge in [0, 0.05) is 20.1 Å². The quantitative estimate of drug-likeness (QED) is 0.518. The molecule has 0 spiro atoms. The summed E-state index contributed by atoms with van der Waals surface area (Å²) in [4.78, 5) is 11.8. The lowest BCUT2D eigenvalue weighted by Gasteiger charge is -2.07. The van der Waals surface area contributed by atoms with E-state index in [0.717, 1.165) is 12.0 Å². The second kappa shape index (κ2) is 10.4. The summed E-state index contributed by atoms with van der Waals surface area (Å²) in [5, 5.41) is 0. The van der Waals surface area contributed by atoms with Crippen LogP contribution < -0.4 is 5.73 Å². The zero-order chi connectivity index (χ0) is 14.6. The Hall–Kier alpha value is -1.43. The number of hydrogen-bond donors (Lipinski definition) is 1. The molecule has 5 nitrogen and oxygen atoms in total. The Morgan fingerprint density at radius 2 is 2.05 bits per heavy atom. The van der Waals surface area contributed by atoms with E-state index in [1.54, 1.807) is 13.2 Å². The van der Waals surface area contributed by atoms with E-state index in [-0.39, 0.29) is 5.97 Å². The van der Waals surface area contributed by atoms with E-state index in [4.69, 9.17) is 19.9 Å². The van der Waals surface area contributed by atoms with Crippen molar-refractivity contribution in [1.82, 2.24) is 0 Å². The number of nitrogens with two attached hydrogens (primary N) is 1. The summed E-state index contributed by atoms with van der Waals surface area (Å²) in [6, 6.07) is 7.37. The second-order valence-corrected chi connectivity index (χ2v) is 4.33. The molecule has 0 fully saturated rings. The first kappa shape index (κ1) is 16.6. The summed E-state index contributed by atoms with van der Waals surface area (Å²) in [6.07, 6.45) is 1.44. The van der Waals surface area contributed by atoms with Crippen molar-refractivity contribution in [3.8, 4) is 0 Å². The third-order valence-corrected chi connectivity index (χ3v) is 2.69. The molecule has 0 aliphatic carbocycles. The highest BCUT2D eigenvalue weighted by Crippen LogP contribution is 2.07. The van der Waals surface area contributed by atoms with Gasteiger partial charge >= 0.3 is 5.97 Å². The Morgan fingerprint density at radius 1 is 1.20 bits per heavy atom. The molecule has 1 aromatic rings. The molecule has 0 saturated carbocycles. The van der Waals surface area contributed by atoms with Crippen molar-refractivity contribution in [2.24, 2.45) is 5.73 Å². The maximum Gasteiger partial charge on any atom is 0.338 e. The lowest BCUT2D eigenvalue weighted by molar-refractivity contribution is 0.0385. The molecular formula is C15H23NO4. The van der Waals surface area contributed by atoms with Crippen LogP contribution in [0.4, 0.5) is 0 Å². The third kappa shape index (κ3) is 6.65. The van der Waals surface area contributed by atoms with Gasteiger partial charge < -0.3 is 19.9 Å². The van der Waals surface area contributed by atoms with E-state index < -0.39 is 0 Å². The molecule has 0 heterocycles. The Morgan fingerprint density at radius 3 is 2.80 bits per heavy atom. The van der Waals surface area contributed by atoms with Gasteiger partial charge in [0.05, 0.1) is 25.4 Å². The molecule has 0 radical (unpaired) electrons. The highest BCUT2D eigenvalue weighted by Gasteiger charge is 2.07. The Labute approximate surface area is 120 Å². The van der Waals surface area contributed by atoms with Crippen LogP contribution in [-0.2, 0) is 20.6 Å². The van der Waals surface area contributed by atoms with Crippen LogP contribution in [0.15, 0.2) is 24.3 Å². The van der Waals surface area contributed by atoms with Crippen LogP contribution in [0.2, 0.25) is 0 Å². The predicted octanol–water partition coefficient (Wildman–Crippen LogP) is 1.40. The molecule has 0 amide bonds. The van der Waals surface area contributed by atoms with Crippen molar-refractivity contribution in [3.05, 3.63) is 35.4 Å². The van der Waals surface area contributed by atoms with Crippen LogP contribution >= 0.6 is 0 Å². The van der Waals surface area contributed by atoms with Gasteiger partial charge in [0.25, 0.3) is 0 Å². The monoisotopic (exact) mass is 281 g/mol. The Balaban J connectivity index is 2.23. The van der Waals surface area contributed by atoms with Gasteiger partial charge in [0.1, 0.15) is 0 Å². The van der Waals surface area contributed by atoms with Crippen molar-refractivity contribution in [1.29, 1.82) is 0 Å². The van der Waals surface area contributed by atoms with Crippen molar-refractivity contribution in [3.63, 3.8) is 0 Å². The minimum Gasteiger partial charge on any atom is -0.462 e. The van der Waals surface area contributed by atoms with Crippen molar-refractivity contribution in [2.45, 2.75) is 12.8 Å². The van der Waals surface area contributed by atoms with Gasteiger partial charge in [-0.1, -0.05) is 12.1 Å².